The predicted molar refractivity (Wildman–Crippen MR) is 199 cm³/mol. The van der Waals surface area contributed by atoms with Crippen molar-refractivity contribution in [3.05, 3.63) is 97.1 Å². The van der Waals surface area contributed by atoms with Gasteiger partial charge in [-0.15, -0.1) is 24.9 Å². The van der Waals surface area contributed by atoms with E-state index in [1.807, 2.05) is 70.5 Å². The number of aliphatic hydroxyl groups excluding tert-OH is 1. The Balaban J connectivity index is 1.62. The second kappa shape index (κ2) is 14.1. The minimum absolute atomic E-state index is 0.0605. The summed E-state index contributed by atoms with van der Waals surface area (Å²) in [6, 6.07) is 18.2. The number of carbonyl (C=O) groups is 3. The number of benzene rings is 2. The van der Waals surface area contributed by atoms with E-state index in [4.69, 9.17) is 0 Å². The largest absolute Gasteiger partial charge is 0.394 e. The van der Waals surface area contributed by atoms with Crippen molar-refractivity contribution in [2.24, 2.45) is 17.3 Å². The number of likely N-dealkylation sites (tertiary alicyclic amines) is 1. The number of hydrogen-bond donors (Lipinski definition) is 1. The summed E-state index contributed by atoms with van der Waals surface area (Å²) >= 11 is 1.68. The normalized spacial score (nSPS) is 26.7. The number of carbonyl (C=O) groups excluding carboxylic acids is 3. The maximum atomic E-state index is 15.4. The van der Waals surface area contributed by atoms with Crippen molar-refractivity contribution in [1.29, 1.82) is 0 Å². The third-order valence-electron chi connectivity index (χ3n) is 10.8. The van der Waals surface area contributed by atoms with Gasteiger partial charge in [-0.25, -0.2) is 0 Å². The Morgan fingerprint density at radius 3 is 2.10 bits per heavy atom. The first kappa shape index (κ1) is 36.9. The van der Waals surface area contributed by atoms with Gasteiger partial charge in [0, 0.05) is 29.9 Å². The van der Waals surface area contributed by atoms with Crippen LogP contribution >= 0.6 is 11.8 Å². The highest BCUT2D eigenvalue weighted by Gasteiger charge is 2.78. The monoisotopic (exact) mass is 685 g/mol. The topological polar surface area (TPSA) is 81.2 Å². The first-order valence-corrected chi connectivity index (χ1v) is 18.5. The van der Waals surface area contributed by atoms with E-state index in [-0.39, 0.29) is 29.7 Å². The van der Waals surface area contributed by atoms with Gasteiger partial charge >= 0.3 is 0 Å². The van der Waals surface area contributed by atoms with Crippen molar-refractivity contribution in [3.8, 4) is 0 Å². The fourth-order valence-corrected chi connectivity index (χ4v) is 11.6. The van der Waals surface area contributed by atoms with Crippen LogP contribution in [0.2, 0.25) is 0 Å². The van der Waals surface area contributed by atoms with E-state index in [9.17, 15) is 9.90 Å². The molecule has 3 saturated heterocycles. The zero-order valence-electron chi connectivity index (χ0n) is 30.2. The smallest absolute Gasteiger partial charge is 0.247 e. The highest BCUT2D eigenvalue weighted by Crippen LogP contribution is 2.72. The summed E-state index contributed by atoms with van der Waals surface area (Å²) in [6.07, 6.45) is 6.01. The molecule has 5 rings (SSSR count). The van der Waals surface area contributed by atoms with E-state index in [1.54, 1.807) is 28.8 Å². The lowest BCUT2D eigenvalue weighted by Gasteiger charge is -2.46. The molecular weight excluding hydrogens is 631 g/mol. The molecule has 3 fully saturated rings. The first-order valence-electron chi connectivity index (χ1n) is 17.7. The molecule has 2 bridgehead atoms. The van der Waals surface area contributed by atoms with Gasteiger partial charge in [-0.1, -0.05) is 93.6 Å². The van der Waals surface area contributed by atoms with Gasteiger partial charge in [-0.3, -0.25) is 14.4 Å². The standard InChI is InChI=1S/C41H55N3O4S/c1-9-23-42(26-30-19-15-12-16-20-30)35(46)32-33-36(47)44(31(27-45)25-29-17-13-11-14-18-29)34(41(33)22-21-40(32,8)49-41)37(48)43(24-10-2)39(6,7)28-38(3,4)5/h9-20,31-34,45H,1-2,21-28H2,3-8H3/t31-,32-,33+,34?,40+,41?/m1/s1. The maximum absolute atomic E-state index is 15.4. The Kier molecular flexibility index (Phi) is 10.6. The van der Waals surface area contributed by atoms with Crippen LogP contribution in [0.4, 0.5) is 0 Å². The molecule has 7 nitrogen and oxygen atoms in total. The zero-order chi connectivity index (χ0) is 35.8. The number of hydrogen-bond acceptors (Lipinski definition) is 5. The molecule has 49 heavy (non-hydrogen) atoms. The summed E-state index contributed by atoms with van der Waals surface area (Å²) in [5, 5.41) is 11.0. The van der Waals surface area contributed by atoms with Crippen molar-refractivity contribution < 1.29 is 19.5 Å². The lowest BCUT2D eigenvalue weighted by atomic mass is 9.66. The Morgan fingerprint density at radius 1 is 0.959 bits per heavy atom. The minimum atomic E-state index is -0.836. The molecule has 0 aliphatic carbocycles. The van der Waals surface area contributed by atoms with Gasteiger partial charge in [-0.05, 0) is 63.0 Å². The molecule has 3 amide bonds. The van der Waals surface area contributed by atoms with Crippen LogP contribution in [0.15, 0.2) is 86.0 Å². The minimum Gasteiger partial charge on any atom is -0.394 e. The summed E-state index contributed by atoms with van der Waals surface area (Å²) < 4.78 is -1.33. The van der Waals surface area contributed by atoms with Crippen molar-refractivity contribution in [2.75, 3.05) is 19.7 Å². The Hall–Kier alpha value is -3.36. The molecule has 8 heteroatoms. The number of amides is 3. The van der Waals surface area contributed by atoms with Crippen LogP contribution in [0, 0.1) is 17.3 Å². The van der Waals surface area contributed by atoms with Gasteiger partial charge in [0.15, 0.2) is 0 Å². The third-order valence-corrected chi connectivity index (χ3v) is 12.8. The second-order valence-corrected chi connectivity index (χ2v) is 18.2. The quantitative estimate of drug-likeness (QED) is 0.229. The number of aliphatic hydroxyl groups is 1. The molecular formula is C41H55N3O4S. The lowest BCUT2D eigenvalue weighted by Crippen LogP contribution is -2.61. The van der Waals surface area contributed by atoms with E-state index < -0.39 is 39.0 Å². The molecule has 2 aromatic rings. The van der Waals surface area contributed by atoms with Crippen molar-refractivity contribution in [3.63, 3.8) is 0 Å². The molecule has 0 aromatic heterocycles. The number of fused-ring (bicyclic) bond motifs is 1. The second-order valence-electron chi connectivity index (χ2n) is 16.3. The predicted octanol–water partition coefficient (Wildman–Crippen LogP) is 6.52. The van der Waals surface area contributed by atoms with Crippen molar-refractivity contribution in [1.82, 2.24) is 14.7 Å². The molecule has 3 aliphatic heterocycles. The number of rotatable bonds is 14. The summed E-state index contributed by atoms with van der Waals surface area (Å²) in [5.74, 6) is -1.72. The third kappa shape index (κ3) is 7.01. The first-order chi connectivity index (χ1) is 23.1. The number of thioether (sulfide) groups is 1. The molecule has 6 atom stereocenters. The number of nitrogens with zero attached hydrogens (tertiary/aromatic N) is 3. The fourth-order valence-electron chi connectivity index (χ4n) is 9.24. The molecule has 3 aliphatic rings. The van der Waals surface area contributed by atoms with Crippen molar-refractivity contribution in [2.45, 2.75) is 101 Å². The van der Waals surface area contributed by atoms with Gasteiger partial charge in [0.25, 0.3) is 0 Å². The van der Waals surface area contributed by atoms with Gasteiger partial charge < -0.3 is 19.8 Å². The average molecular weight is 686 g/mol. The van der Waals surface area contributed by atoms with E-state index in [1.165, 1.54) is 0 Å². The molecule has 264 valence electrons. The Labute approximate surface area is 297 Å². The van der Waals surface area contributed by atoms with Crippen LogP contribution in [0.3, 0.4) is 0 Å². The SMILES string of the molecule is C=CCN(Cc1ccccc1)C(=O)[C@H]1[C@H]2C(=O)N([C@@H](CO)Cc3ccccc3)C(C(=O)N(CC=C)C(C)(C)CC(C)(C)C)C23CC[C@]1(C)S3. The zero-order valence-corrected chi connectivity index (χ0v) is 31.0. The van der Waals surface area contributed by atoms with Crippen LogP contribution < -0.4 is 0 Å². The highest BCUT2D eigenvalue weighted by atomic mass is 32.2. The molecule has 1 spiro atoms. The maximum Gasteiger partial charge on any atom is 0.247 e. The molecule has 3 heterocycles. The summed E-state index contributed by atoms with van der Waals surface area (Å²) in [4.78, 5) is 50.7. The Bertz CT molecular complexity index is 1540. The van der Waals surface area contributed by atoms with Crippen LogP contribution in [-0.4, -0.2) is 84.3 Å². The molecule has 0 saturated carbocycles. The van der Waals surface area contributed by atoms with Crippen LogP contribution in [-0.2, 0) is 27.3 Å². The summed E-state index contributed by atoms with van der Waals surface area (Å²) in [5.41, 5.74) is 1.38. The van der Waals surface area contributed by atoms with E-state index in [2.05, 4.69) is 54.7 Å². The van der Waals surface area contributed by atoms with Crippen LogP contribution in [0.25, 0.3) is 0 Å². The van der Waals surface area contributed by atoms with Crippen LogP contribution in [0.5, 0.6) is 0 Å². The van der Waals surface area contributed by atoms with Gasteiger partial charge in [0.05, 0.1) is 29.2 Å². The molecule has 1 N–H and O–H groups in total. The summed E-state index contributed by atoms with van der Waals surface area (Å²) in [6.45, 7) is 21.6. The fraction of sp³-hybridized carbons (Fsp3) is 0.537. The van der Waals surface area contributed by atoms with Gasteiger partial charge in [0.1, 0.15) is 6.04 Å². The molecule has 2 aromatic carbocycles. The Morgan fingerprint density at radius 2 is 1.55 bits per heavy atom. The summed E-state index contributed by atoms with van der Waals surface area (Å²) in [7, 11) is 0. The van der Waals surface area contributed by atoms with Crippen molar-refractivity contribution >= 4 is 29.5 Å². The lowest BCUT2D eigenvalue weighted by molar-refractivity contribution is -0.150. The van der Waals surface area contributed by atoms with E-state index >= 15 is 9.59 Å². The van der Waals surface area contributed by atoms with Gasteiger partial charge in [-0.2, -0.15) is 0 Å². The average Bonchev–Trinajstić information content (AvgIpc) is 3.62. The van der Waals surface area contributed by atoms with E-state index in [0.717, 1.165) is 24.0 Å². The van der Waals surface area contributed by atoms with Crippen LogP contribution in [0.1, 0.15) is 71.9 Å². The molecule has 2 unspecified atom stereocenters. The molecule has 0 radical (unpaired) electrons. The van der Waals surface area contributed by atoms with E-state index in [0.29, 0.717) is 32.5 Å². The van der Waals surface area contributed by atoms with Gasteiger partial charge in [0.2, 0.25) is 17.7 Å². The highest BCUT2D eigenvalue weighted by molar-refractivity contribution is 8.02.